The molecule has 0 radical (unpaired) electrons. The van der Waals surface area contributed by atoms with Crippen LogP contribution in [0.4, 0.5) is 0 Å². The van der Waals surface area contributed by atoms with Gasteiger partial charge in [-0.3, -0.25) is 0 Å². The van der Waals surface area contributed by atoms with Gasteiger partial charge in [-0.05, 0) is 19.8 Å². The van der Waals surface area contributed by atoms with E-state index in [4.69, 9.17) is 9.47 Å². The van der Waals surface area contributed by atoms with Crippen LogP contribution in [0.2, 0.25) is 0 Å². The van der Waals surface area contributed by atoms with Crippen molar-refractivity contribution in [2.24, 2.45) is 5.92 Å². The van der Waals surface area contributed by atoms with Gasteiger partial charge in [-0.1, -0.05) is 20.4 Å². The Kier molecular flexibility index (Phi) is 5.39. The summed E-state index contributed by atoms with van der Waals surface area (Å²) in [5.41, 5.74) is 0.389. The molecule has 0 amide bonds. The van der Waals surface area contributed by atoms with E-state index in [1.54, 1.807) is 13.8 Å². The van der Waals surface area contributed by atoms with Crippen molar-refractivity contribution in [2.75, 3.05) is 6.61 Å². The molecule has 76 valence electrons. The SMILES string of the molecule is C=C(C)C(=O)OC(C)OCC(C)C. The molecule has 0 heterocycles. The average molecular weight is 186 g/mol. The van der Waals surface area contributed by atoms with Crippen LogP contribution >= 0.6 is 0 Å². The van der Waals surface area contributed by atoms with Crippen LogP contribution in [0, 0.1) is 5.92 Å². The van der Waals surface area contributed by atoms with E-state index >= 15 is 0 Å². The lowest BCUT2D eigenvalue weighted by Gasteiger charge is -2.15. The van der Waals surface area contributed by atoms with E-state index in [0.717, 1.165) is 0 Å². The lowest BCUT2D eigenvalue weighted by Crippen LogP contribution is -2.20. The fourth-order valence-corrected chi connectivity index (χ4v) is 0.613. The van der Waals surface area contributed by atoms with Gasteiger partial charge in [-0.15, -0.1) is 0 Å². The lowest BCUT2D eigenvalue weighted by atomic mass is 10.2. The minimum Gasteiger partial charge on any atom is -0.433 e. The third kappa shape index (κ3) is 6.34. The van der Waals surface area contributed by atoms with Crippen LogP contribution < -0.4 is 0 Å². The fraction of sp³-hybridized carbons (Fsp3) is 0.700. The Morgan fingerprint density at radius 2 is 1.92 bits per heavy atom. The molecule has 0 saturated heterocycles. The Hall–Kier alpha value is -0.830. The highest BCUT2D eigenvalue weighted by Gasteiger charge is 2.10. The smallest absolute Gasteiger partial charge is 0.335 e. The molecule has 0 rings (SSSR count). The van der Waals surface area contributed by atoms with Gasteiger partial charge in [-0.2, -0.15) is 0 Å². The quantitative estimate of drug-likeness (QED) is 0.375. The van der Waals surface area contributed by atoms with Gasteiger partial charge in [0.25, 0.3) is 0 Å². The zero-order chi connectivity index (χ0) is 10.4. The van der Waals surface area contributed by atoms with E-state index in [2.05, 4.69) is 6.58 Å². The number of carbonyl (C=O) groups is 1. The second-order valence-electron chi connectivity index (χ2n) is 3.48. The maximum absolute atomic E-state index is 11.0. The number of rotatable bonds is 5. The molecule has 0 N–H and O–H groups in total. The summed E-state index contributed by atoms with van der Waals surface area (Å²) >= 11 is 0. The zero-order valence-electron chi connectivity index (χ0n) is 8.79. The van der Waals surface area contributed by atoms with Gasteiger partial charge in [0.2, 0.25) is 0 Å². The number of esters is 1. The molecule has 0 saturated carbocycles. The molecule has 3 heteroatoms. The van der Waals surface area contributed by atoms with Gasteiger partial charge in [0, 0.05) is 5.57 Å². The third-order valence-corrected chi connectivity index (χ3v) is 1.29. The summed E-state index contributed by atoms with van der Waals surface area (Å²) in [4.78, 5) is 11.0. The summed E-state index contributed by atoms with van der Waals surface area (Å²) < 4.78 is 10.1. The third-order valence-electron chi connectivity index (χ3n) is 1.29. The maximum Gasteiger partial charge on any atom is 0.335 e. The predicted octanol–water partition coefficient (Wildman–Crippen LogP) is 2.12. The van der Waals surface area contributed by atoms with Crippen molar-refractivity contribution >= 4 is 5.97 Å². The highest BCUT2D eigenvalue weighted by Crippen LogP contribution is 2.02. The van der Waals surface area contributed by atoms with Crippen LogP contribution in [-0.2, 0) is 14.3 Å². The molecule has 0 aromatic heterocycles. The van der Waals surface area contributed by atoms with E-state index in [0.29, 0.717) is 18.1 Å². The first-order chi connectivity index (χ1) is 5.93. The Balaban J connectivity index is 3.68. The van der Waals surface area contributed by atoms with Crippen molar-refractivity contribution in [1.82, 2.24) is 0 Å². The van der Waals surface area contributed by atoms with Crippen molar-refractivity contribution in [3.8, 4) is 0 Å². The molecule has 3 nitrogen and oxygen atoms in total. The molecule has 0 aliphatic heterocycles. The molecule has 0 fully saturated rings. The summed E-state index contributed by atoms with van der Waals surface area (Å²) in [5.74, 6) is 0.0298. The summed E-state index contributed by atoms with van der Waals surface area (Å²) in [6.45, 7) is 11.4. The second-order valence-corrected chi connectivity index (χ2v) is 3.48. The highest BCUT2D eigenvalue weighted by molar-refractivity contribution is 5.86. The molecule has 1 atom stereocenters. The molecule has 0 aromatic carbocycles. The highest BCUT2D eigenvalue weighted by atomic mass is 16.7. The van der Waals surface area contributed by atoms with Crippen LogP contribution in [0.15, 0.2) is 12.2 Å². The largest absolute Gasteiger partial charge is 0.433 e. The van der Waals surface area contributed by atoms with Crippen molar-refractivity contribution < 1.29 is 14.3 Å². The molecule has 0 aromatic rings. The van der Waals surface area contributed by atoms with Gasteiger partial charge in [-0.25, -0.2) is 4.79 Å². The van der Waals surface area contributed by atoms with Crippen LogP contribution in [-0.4, -0.2) is 18.9 Å². The zero-order valence-corrected chi connectivity index (χ0v) is 8.79. The van der Waals surface area contributed by atoms with Gasteiger partial charge in [0.05, 0.1) is 6.61 Å². The summed E-state index contributed by atoms with van der Waals surface area (Å²) in [6.07, 6.45) is -0.494. The minimum absolute atomic E-state index is 0.389. The monoisotopic (exact) mass is 186 g/mol. The summed E-state index contributed by atoms with van der Waals surface area (Å²) in [6, 6.07) is 0. The Bertz CT molecular complexity index is 185. The lowest BCUT2D eigenvalue weighted by molar-refractivity contribution is -0.171. The van der Waals surface area contributed by atoms with Crippen LogP contribution in [0.3, 0.4) is 0 Å². The Morgan fingerprint density at radius 1 is 1.38 bits per heavy atom. The van der Waals surface area contributed by atoms with Crippen LogP contribution in [0.25, 0.3) is 0 Å². The van der Waals surface area contributed by atoms with E-state index in [-0.39, 0.29) is 0 Å². The number of hydrogen-bond acceptors (Lipinski definition) is 3. The summed E-state index contributed by atoms with van der Waals surface area (Å²) in [5, 5.41) is 0. The van der Waals surface area contributed by atoms with Crippen LogP contribution in [0.5, 0.6) is 0 Å². The molecule has 1 unspecified atom stereocenters. The van der Waals surface area contributed by atoms with Crippen LogP contribution in [0.1, 0.15) is 27.7 Å². The standard InChI is InChI=1S/C10H18O3/c1-7(2)6-12-9(5)13-10(11)8(3)4/h7,9H,3,6H2,1-2,4-5H3. The van der Waals surface area contributed by atoms with Crippen molar-refractivity contribution in [1.29, 1.82) is 0 Å². The topological polar surface area (TPSA) is 35.5 Å². The van der Waals surface area contributed by atoms with Crippen molar-refractivity contribution in [3.05, 3.63) is 12.2 Å². The first-order valence-corrected chi connectivity index (χ1v) is 4.41. The van der Waals surface area contributed by atoms with Gasteiger partial charge in [0.15, 0.2) is 6.29 Å². The van der Waals surface area contributed by atoms with E-state index in [1.165, 1.54) is 0 Å². The molecule has 13 heavy (non-hydrogen) atoms. The Labute approximate surface area is 79.7 Å². The van der Waals surface area contributed by atoms with Gasteiger partial charge < -0.3 is 9.47 Å². The summed E-state index contributed by atoms with van der Waals surface area (Å²) in [7, 11) is 0. The number of carbonyl (C=O) groups excluding carboxylic acids is 1. The van der Waals surface area contributed by atoms with Crippen molar-refractivity contribution in [2.45, 2.75) is 34.0 Å². The first kappa shape index (κ1) is 12.2. The van der Waals surface area contributed by atoms with E-state index < -0.39 is 12.3 Å². The molecule has 0 spiro atoms. The predicted molar refractivity (Wildman–Crippen MR) is 51.2 cm³/mol. The molecule has 0 aliphatic rings. The molecular formula is C10H18O3. The van der Waals surface area contributed by atoms with Gasteiger partial charge in [0.1, 0.15) is 0 Å². The second kappa shape index (κ2) is 5.75. The van der Waals surface area contributed by atoms with E-state index in [9.17, 15) is 4.79 Å². The fourth-order valence-electron chi connectivity index (χ4n) is 0.613. The number of ether oxygens (including phenoxy) is 2. The first-order valence-electron chi connectivity index (χ1n) is 4.41. The maximum atomic E-state index is 11.0. The van der Waals surface area contributed by atoms with E-state index in [1.807, 2.05) is 13.8 Å². The molecular weight excluding hydrogens is 168 g/mol. The number of hydrogen-bond donors (Lipinski definition) is 0. The Morgan fingerprint density at radius 3 is 2.31 bits per heavy atom. The molecule has 0 aliphatic carbocycles. The normalized spacial score (nSPS) is 12.7. The minimum atomic E-state index is -0.494. The van der Waals surface area contributed by atoms with Gasteiger partial charge >= 0.3 is 5.97 Å². The van der Waals surface area contributed by atoms with Crippen molar-refractivity contribution in [3.63, 3.8) is 0 Å². The average Bonchev–Trinajstić information content (AvgIpc) is 2.00. The molecule has 0 bridgehead atoms.